The van der Waals surface area contributed by atoms with Crippen LogP contribution < -0.4 is 0 Å². The van der Waals surface area contributed by atoms with E-state index in [0.717, 1.165) is 16.5 Å². The molecule has 0 aliphatic heterocycles. The van der Waals surface area contributed by atoms with Crippen molar-refractivity contribution in [2.45, 2.75) is 19.4 Å². The van der Waals surface area contributed by atoms with Crippen LogP contribution in [-0.4, -0.2) is 23.7 Å². The fourth-order valence-electron chi connectivity index (χ4n) is 1.38. The van der Waals surface area contributed by atoms with E-state index in [1.807, 2.05) is 31.3 Å². The van der Waals surface area contributed by atoms with Crippen LogP contribution in [0, 0.1) is 0 Å². The highest BCUT2D eigenvalue weighted by Crippen LogP contribution is 2.17. The first-order chi connectivity index (χ1) is 7.65. The Morgan fingerprint density at radius 3 is 2.75 bits per heavy atom. The second-order valence-corrected chi connectivity index (χ2v) is 4.87. The summed E-state index contributed by atoms with van der Waals surface area (Å²) in [4.78, 5) is 13.4. The summed E-state index contributed by atoms with van der Waals surface area (Å²) in [5.74, 6) is 0.672. The molecular weight excluding hydrogens is 289 g/mol. The predicted molar refractivity (Wildman–Crippen MR) is 70.6 cm³/mol. The van der Waals surface area contributed by atoms with Crippen molar-refractivity contribution < 1.29 is 4.79 Å². The molecule has 0 aliphatic carbocycles. The van der Waals surface area contributed by atoms with E-state index in [9.17, 15) is 4.79 Å². The smallest absolute Gasteiger partial charge is 0.222 e. The molecule has 2 nitrogen and oxygen atoms in total. The minimum absolute atomic E-state index is 0.136. The third kappa shape index (κ3) is 4.14. The Kier molecular flexibility index (Phi) is 5.85. The van der Waals surface area contributed by atoms with Gasteiger partial charge in [-0.25, -0.2) is 0 Å². The maximum absolute atomic E-state index is 11.7. The van der Waals surface area contributed by atoms with Crippen LogP contribution in [0.2, 0.25) is 0 Å². The van der Waals surface area contributed by atoms with E-state index in [-0.39, 0.29) is 5.91 Å². The van der Waals surface area contributed by atoms with Crippen molar-refractivity contribution >= 4 is 33.4 Å². The number of alkyl halides is 1. The number of carbonyl (C=O) groups is 1. The first-order valence-corrected chi connectivity index (χ1v) is 6.51. The number of nitrogens with zero attached hydrogens (tertiary/aromatic N) is 1. The summed E-state index contributed by atoms with van der Waals surface area (Å²) in [7, 11) is 1.82. The SMILES string of the molecule is CN(Cc1ccccc1Br)C(=O)CCCCl. The quantitative estimate of drug-likeness (QED) is 0.763. The Bertz CT molecular complexity index is 357. The van der Waals surface area contributed by atoms with Crippen molar-refractivity contribution in [3.05, 3.63) is 34.3 Å². The molecule has 0 saturated heterocycles. The standard InChI is InChI=1S/C12H15BrClNO/c1-15(12(16)7-4-8-14)9-10-5-2-3-6-11(10)13/h2-3,5-6H,4,7-9H2,1H3. The third-order valence-corrected chi connectivity index (χ3v) is 3.36. The van der Waals surface area contributed by atoms with Gasteiger partial charge in [0.15, 0.2) is 0 Å². The van der Waals surface area contributed by atoms with Crippen LogP contribution in [0.25, 0.3) is 0 Å². The minimum Gasteiger partial charge on any atom is -0.341 e. The second-order valence-electron chi connectivity index (χ2n) is 3.63. The van der Waals surface area contributed by atoms with Crippen LogP contribution in [0.4, 0.5) is 0 Å². The molecule has 0 aromatic heterocycles. The van der Waals surface area contributed by atoms with Gasteiger partial charge in [-0.3, -0.25) is 4.79 Å². The number of benzene rings is 1. The van der Waals surface area contributed by atoms with Gasteiger partial charge in [0.1, 0.15) is 0 Å². The Morgan fingerprint density at radius 1 is 1.44 bits per heavy atom. The van der Waals surface area contributed by atoms with Gasteiger partial charge in [-0.05, 0) is 18.1 Å². The molecule has 16 heavy (non-hydrogen) atoms. The molecule has 1 aromatic rings. The molecular formula is C12H15BrClNO. The highest BCUT2D eigenvalue weighted by atomic mass is 79.9. The van der Waals surface area contributed by atoms with E-state index < -0.39 is 0 Å². The number of amides is 1. The molecule has 0 aliphatic rings. The normalized spacial score (nSPS) is 10.2. The number of hydrogen-bond donors (Lipinski definition) is 0. The number of carbonyl (C=O) groups excluding carboxylic acids is 1. The highest BCUT2D eigenvalue weighted by molar-refractivity contribution is 9.10. The Morgan fingerprint density at radius 2 is 2.12 bits per heavy atom. The van der Waals surface area contributed by atoms with Crippen LogP contribution >= 0.6 is 27.5 Å². The lowest BCUT2D eigenvalue weighted by atomic mass is 10.2. The van der Waals surface area contributed by atoms with E-state index in [4.69, 9.17) is 11.6 Å². The van der Waals surface area contributed by atoms with Gasteiger partial charge < -0.3 is 4.90 Å². The maximum atomic E-state index is 11.7. The lowest BCUT2D eigenvalue weighted by Gasteiger charge is -2.17. The predicted octanol–water partition coefficient (Wildman–Crippen LogP) is 3.43. The van der Waals surface area contributed by atoms with Crippen molar-refractivity contribution in [1.82, 2.24) is 4.90 Å². The van der Waals surface area contributed by atoms with Gasteiger partial charge in [0.2, 0.25) is 5.91 Å². The molecule has 0 bridgehead atoms. The van der Waals surface area contributed by atoms with Crippen molar-refractivity contribution in [2.24, 2.45) is 0 Å². The maximum Gasteiger partial charge on any atom is 0.222 e. The van der Waals surface area contributed by atoms with Gasteiger partial charge in [0, 0.05) is 30.4 Å². The first-order valence-electron chi connectivity index (χ1n) is 5.18. The molecule has 1 aromatic carbocycles. The van der Waals surface area contributed by atoms with E-state index in [2.05, 4.69) is 15.9 Å². The van der Waals surface area contributed by atoms with Crippen molar-refractivity contribution in [2.75, 3.05) is 12.9 Å². The topological polar surface area (TPSA) is 20.3 Å². The van der Waals surface area contributed by atoms with Crippen LogP contribution in [0.3, 0.4) is 0 Å². The summed E-state index contributed by atoms with van der Waals surface area (Å²) < 4.78 is 1.03. The first kappa shape index (κ1) is 13.5. The molecule has 0 saturated carbocycles. The molecule has 0 radical (unpaired) electrons. The molecule has 0 N–H and O–H groups in total. The van der Waals surface area contributed by atoms with Crippen molar-refractivity contribution in [3.63, 3.8) is 0 Å². The Labute approximate surface area is 110 Å². The molecule has 1 rings (SSSR count). The minimum atomic E-state index is 0.136. The van der Waals surface area contributed by atoms with Gasteiger partial charge in [-0.15, -0.1) is 11.6 Å². The molecule has 4 heteroatoms. The zero-order valence-corrected chi connectivity index (χ0v) is 11.6. The van der Waals surface area contributed by atoms with Crippen LogP contribution in [-0.2, 0) is 11.3 Å². The number of hydrogen-bond acceptors (Lipinski definition) is 1. The average Bonchev–Trinajstić information content (AvgIpc) is 2.28. The summed E-state index contributed by atoms with van der Waals surface area (Å²) in [6.07, 6.45) is 1.26. The van der Waals surface area contributed by atoms with Crippen molar-refractivity contribution in [1.29, 1.82) is 0 Å². The Hall–Kier alpha value is -0.540. The molecule has 0 atom stereocenters. The van der Waals surface area contributed by atoms with Crippen LogP contribution in [0.15, 0.2) is 28.7 Å². The van der Waals surface area contributed by atoms with Crippen LogP contribution in [0.5, 0.6) is 0 Å². The van der Waals surface area contributed by atoms with Crippen LogP contribution in [0.1, 0.15) is 18.4 Å². The van der Waals surface area contributed by atoms with Gasteiger partial charge >= 0.3 is 0 Å². The highest BCUT2D eigenvalue weighted by Gasteiger charge is 2.09. The third-order valence-electron chi connectivity index (χ3n) is 2.32. The van der Waals surface area contributed by atoms with Gasteiger partial charge in [0.25, 0.3) is 0 Å². The summed E-state index contributed by atoms with van der Waals surface area (Å²) in [5, 5.41) is 0. The van der Waals surface area contributed by atoms with E-state index in [0.29, 0.717) is 18.8 Å². The summed E-state index contributed by atoms with van der Waals surface area (Å²) in [6.45, 7) is 0.628. The molecule has 0 heterocycles. The molecule has 0 fully saturated rings. The van der Waals surface area contributed by atoms with E-state index in [1.54, 1.807) is 4.90 Å². The number of rotatable bonds is 5. The molecule has 0 spiro atoms. The second kappa shape index (κ2) is 6.92. The zero-order valence-electron chi connectivity index (χ0n) is 9.25. The Balaban J connectivity index is 2.54. The largest absolute Gasteiger partial charge is 0.341 e. The summed E-state index contributed by atoms with van der Waals surface area (Å²) in [5.41, 5.74) is 1.12. The summed E-state index contributed by atoms with van der Waals surface area (Å²) >= 11 is 9.02. The lowest BCUT2D eigenvalue weighted by molar-refractivity contribution is -0.130. The monoisotopic (exact) mass is 303 g/mol. The number of halogens is 2. The van der Waals surface area contributed by atoms with E-state index in [1.165, 1.54) is 0 Å². The van der Waals surface area contributed by atoms with Crippen molar-refractivity contribution in [3.8, 4) is 0 Å². The van der Waals surface area contributed by atoms with E-state index >= 15 is 0 Å². The molecule has 1 amide bonds. The fraction of sp³-hybridized carbons (Fsp3) is 0.417. The van der Waals surface area contributed by atoms with Gasteiger partial charge in [-0.2, -0.15) is 0 Å². The fourth-order valence-corrected chi connectivity index (χ4v) is 1.92. The average molecular weight is 305 g/mol. The molecule has 0 unspecified atom stereocenters. The lowest BCUT2D eigenvalue weighted by Crippen LogP contribution is -2.26. The zero-order chi connectivity index (χ0) is 12.0. The van der Waals surface area contributed by atoms with Gasteiger partial charge in [0.05, 0.1) is 0 Å². The summed E-state index contributed by atoms with van der Waals surface area (Å²) in [6, 6.07) is 7.92. The molecule has 88 valence electrons. The van der Waals surface area contributed by atoms with Gasteiger partial charge in [-0.1, -0.05) is 34.1 Å².